The third-order valence-corrected chi connectivity index (χ3v) is 14.2. The number of aromatic nitrogens is 1. The third-order valence-electron chi connectivity index (χ3n) is 14.2. The van der Waals surface area contributed by atoms with Crippen LogP contribution in [0.5, 0.6) is 0 Å². The molecule has 2 aliphatic heterocycles. The van der Waals surface area contributed by atoms with Crippen molar-refractivity contribution in [3.63, 3.8) is 0 Å². The highest BCUT2D eigenvalue weighted by atomic mass is 15.2. The molecular weight excluding hydrogens is 799 g/mol. The summed E-state index contributed by atoms with van der Waals surface area (Å²) in [6.07, 6.45) is 8.05. The Morgan fingerprint density at radius 1 is 0.455 bits per heavy atom. The number of fused-ring (bicyclic) bond motifs is 2. The third kappa shape index (κ3) is 6.70. The van der Waals surface area contributed by atoms with Gasteiger partial charge in [0, 0.05) is 55.7 Å². The fourth-order valence-electron chi connectivity index (χ4n) is 10.9. The van der Waals surface area contributed by atoms with Crippen LogP contribution in [0.3, 0.4) is 0 Å². The molecule has 328 valence electrons. The van der Waals surface area contributed by atoms with E-state index in [-0.39, 0.29) is 10.8 Å². The molecule has 0 radical (unpaired) electrons. The zero-order valence-electron chi connectivity index (χ0n) is 40.0. The Morgan fingerprint density at radius 3 is 1.61 bits per heavy atom. The first-order chi connectivity index (χ1) is 32.2. The van der Waals surface area contributed by atoms with E-state index >= 15 is 0 Å². The van der Waals surface area contributed by atoms with Gasteiger partial charge in [-0.05, 0) is 135 Å². The van der Waals surface area contributed by atoms with Crippen molar-refractivity contribution in [3.05, 3.63) is 216 Å². The lowest BCUT2D eigenvalue weighted by atomic mass is 9.68. The number of para-hydroxylation sites is 3. The Bertz CT molecular complexity index is 3290. The van der Waals surface area contributed by atoms with Crippen LogP contribution < -0.4 is 9.80 Å². The van der Waals surface area contributed by atoms with Crippen molar-refractivity contribution in [2.24, 2.45) is 5.92 Å². The van der Waals surface area contributed by atoms with E-state index in [4.69, 9.17) is 0 Å². The molecule has 1 unspecified atom stereocenters. The molecule has 0 amide bonds. The summed E-state index contributed by atoms with van der Waals surface area (Å²) in [4.78, 5) is 4.84. The van der Waals surface area contributed by atoms with Crippen LogP contribution in [0.2, 0.25) is 0 Å². The van der Waals surface area contributed by atoms with Gasteiger partial charge in [-0.25, -0.2) is 0 Å². The first kappa shape index (κ1) is 42.8. The van der Waals surface area contributed by atoms with E-state index in [2.05, 4.69) is 237 Å². The van der Waals surface area contributed by atoms with Crippen LogP contribution in [0.1, 0.15) is 91.0 Å². The van der Waals surface area contributed by atoms with Crippen LogP contribution in [0.4, 0.5) is 28.4 Å². The van der Waals surface area contributed by atoms with E-state index in [1.54, 1.807) is 0 Å². The molecule has 1 aromatic heterocycles. The quantitative estimate of drug-likeness (QED) is 0.158. The zero-order valence-corrected chi connectivity index (χ0v) is 40.0. The van der Waals surface area contributed by atoms with Crippen LogP contribution in [0.25, 0.3) is 49.4 Å². The lowest BCUT2D eigenvalue weighted by Crippen LogP contribution is -2.33. The normalized spacial score (nSPS) is 15.7. The molecule has 0 saturated heterocycles. The molecular formula is C63H61N3. The monoisotopic (exact) mass is 859 g/mol. The number of benzene rings is 8. The molecule has 8 aromatic carbocycles. The Morgan fingerprint density at radius 2 is 1.00 bits per heavy atom. The van der Waals surface area contributed by atoms with Gasteiger partial charge in [0.2, 0.25) is 0 Å². The highest BCUT2D eigenvalue weighted by Gasteiger charge is 2.44. The Balaban J connectivity index is 0.00000125. The minimum atomic E-state index is -0.229. The number of hydrogen-bond acceptors (Lipinski definition) is 2. The highest BCUT2D eigenvalue weighted by Crippen LogP contribution is 2.57. The Labute approximate surface area is 392 Å². The molecule has 0 fully saturated rings. The number of nitrogens with zero attached hydrogens (tertiary/aromatic N) is 3. The van der Waals surface area contributed by atoms with Gasteiger partial charge >= 0.3 is 0 Å². The number of allylic oxidation sites excluding steroid dienone is 3. The predicted octanol–water partition coefficient (Wildman–Crippen LogP) is 18.0. The largest absolute Gasteiger partial charge is 0.311 e. The zero-order chi connectivity index (χ0) is 45.9. The Hall–Kier alpha value is -7.10. The van der Waals surface area contributed by atoms with E-state index in [0.29, 0.717) is 5.92 Å². The van der Waals surface area contributed by atoms with Crippen LogP contribution in [0.15, 0.2) is 194 Å². The summed E-state index contributed by atoms with van der Waals surface area (Å²) in [5.41, 5.74) is 18.5. The summed E-state index contributed by atoms with van der Waals surface area (Å²) in [7, 11) is 0. The lowest BCUT2D eigenvalue weighted by Gasteiger charge is -2.42. The molecule has 12 rings (SSSR count). The lowest BCUT2D eigenvalue weighted by molar-refractivity contribution is 0.594. The predicted molar refractivity (Wildman–Crippen MR) is 285 cm³/mol. The van der Waals surface area contributed by atoms with Crippen LogP contribution in [0, 0.1) is 5.92 Å². The van der Waals surface area contributed by atoms with E-state index in [9.17, 15) is 0 Å². The first-order valence-electron chi connectivity index (χ1n) is 24.2. The molecule has 66 heavy (non-hydrogen) atoms. The van der Waals surface area contributed by atoms with Crippen molar-refractivity contribution in [3.8, 4) is 16.8 Å². The van der Waals surface area contributed by atoms with Gasteiger partial charge in [0.25, 0.3) is 0 Å². The second-order valence-electron chi connectivity index (χ2n) is 18.7. The molecule has 1 aliphatic carbocycles. The SMILES string of the molecule is CC.CC.CC1C=CC(N(c2ccc(-c3cc4c5c(c3)c3cc(N(c6ccccc6)c6ccccc6)cc6c3n5-c3c(cccc3C6(C)C)C4(C)C)cc2)c2ccc3ccccc3c2)=CC1. The molecule has 3 aliphatic rings. The molecule has 0 spiro atoms. The van der Waals surface area contributed by atoms with Crippen molar-refractivity contribution in [1.82, 2.24) is 4.57 Å². The van der Waals surface area contributed by atoms with Gasteiger partial charge in [-0.15, -0.1) is 0 Å². The van der Waals surface area contributed by atoms with E-state index in [1.165, 1.54) is 88.7 Å². The molecule has 3 heteroatoms. The van der Waals surface area contributed by atoms with Gasteiger partial charge in [-0.2, -0.15) is 0 Å². The number of anilines is 5. The first-order valence-corrected chi connectivity index (χ1v) is 24.2. The minimum Gasteiger partial charge on any atom is -0.311 e. The van der Waals surface area contributed by atoms with E-state index in [0.717, 1.165) is 23.5 Å². The average molecular weight is 860 g/mol. The standard InChI is InChI=1S/C59H49N3.2C2H6/c1-38-23-28-45(29-24-38)60(47-32-27-39-15-12-13-16-41(39)33-47)46-30-25-40(26-31-46)42-34-49-50-36-48(61(43-17-8-6-9-18-43)44-19-10-7-11-20-44)37-54-56(50)62-55(49)53(35-42)58(2,3)51-21-14-22-52(57(51)62)59(54,4)5;2*1-2/h6-23,25-38H,24H2,1-5H3;2*1-2H3. The molecule has 3 heterocycles. The van der Waals surface area contributed by atoms with Crippen molar-refractivity contribution >= 4 is 61.0 Å². The fraction of sp³-hybridized carbons (Fsp3) is 0.206. The van der Waals surface area contributed by atoms with Gasteiger partial charge in [-0.1, -0.05) is 172 Å². The van der Waals surface area contributed by atoms with E-state index in [1.807, 2.05) is 27.7 Å². The maximum absolute atomic E-state index is 2.64. The molecule has 0 saturated carbocycles. The highest BCUT2D eigenvalue weighted by molar-refractivity contribution is 6.16. The smallest absolute Gasteiger partial charge is 0.0583 e. The van der Waals surface area contributed by atoms with Crippen molar-refractivity contribution < 1.29 is 0 Å². The Kier molecular flexibility index (Phi) is 10.8. The summed E-state index contributed by atoms with van der Waals surface area (Å²) >= 11 is 0. The van der Waals surface area contributed by atoms with Gasteiger partial charge in [0.15, 0.2) is 0 Å². The molecule has 1 atom stereocenters. The van der Waals surface area contributed by atoms with Gasteiger partial charge < -0.3 is 14.4 Å². The average Bonchev–Trinajstić information content (AvgIpc) is 3.69. The van der Waals surface area contributed by atoms with E-state index < -0.39 is 0 Å². The van der Waals surface area contributed by atoms with Crippen LogP contribution in [-0.2, 0) is 10.8 Å². The summed E-state index contributed by atoms with van der Waals surface area (Å²) in [6, 6.07) is 63.3. The van der Waals surface area contributed by atoms with Gasteiger partial charge in [-0.3, -0.25) is 0 Å². The number of rotatable bonds is 7. The van der Waals surface area contributed by atoms with Crippen molar-refractivity contribution in [2.45, 2.75) is 79.6 Å². The summed E-state index contributed by atoms with van der Waals surface area (Å²) in [6.45, 7) is 20.0. The maximum Gasteiger partial charge on any atom is 0.0583 e. The topological polar surface area (TPSA) is 11.4 Å². The minimum absolute atomic E-state index is 0.218. The van der Waals surface area contributed by atoms with Crippen LogP contribution >= 0.6 is 0 Å². The van der Waals surface area contributed by atoms with Crippen molar-refractivity contribution in [2.75, 3.05) is 9.80 Å². The summed E-state index contributed by atoms with van der Waals surface area (Å²) in [5.74, 6) is 0.534. The summed E-state index contributed by atoms with van der Waals surface area (Å²) < 4.78 is 2.64. The van der Waals surface area contributed by atoms with Gasteiger partial charge in [0.1, 0.15) is 0 Å². The van der Waals surface area contributed by atoms with Crippen LogP contribution in [-0.4, -0.2) is 4.57 Å². The second kappa shape index (κ2) is 16.7. The molecule has 3 nitrogen and oxygen atoms in total. The fourth-order valence-corrected chi connectivity index (χ4v) is 10.9. The van der Waals surface area contributed by atoms with Gasteiger partial charge in [0.05, 0.1) is 16.7 Å². The summed E-state index contributed by atoms with van der Waals surface area (Å²) in [5, 5.41) is 5.09. The maximum atomic E-state index is 2.64. The second-order valence-corrected chi connectivity index (χ2v) is 18.7. The van der Waals surface area contributed by atoms with Crippen molar-refractivity contribution in [1.29, 1.82) is 0 Å². The molecule has 0 N–H and O–H groups in total. The molecule has 0 bridgehead atoms. The molecule has 9 aromatic rings. The number of hydrogen-bond donors (Lipinski definition) is 0.